The minimum atomic E-state index is -1.33. The van der Waals surface area contributed by atoms with Gasteiger partial charge in [-0.15, -0.1) is 16.4 Å². The third-order valence-electron chi connectivity index (χ3n) is 4.50. The minimum absolute atomic E-state index is 0.0257. The normalized spacial score (nSPS) is 24.7. The van der Waals surface area contributed by atoms with Gasteiger partial charge in [-0.3, -0.25) is 4.79 Å². The first-order valence-electron chi connectivity index (χ1n) is 7.41. The molecule has 8 heteroatoms. The Hall–Kier alpha value is -1.80. The summed E-state index contributed by atoms with van der Waals surface area (Å²) in [5.41, 5.74) is 1.04. The van der Waals surface area contributed by atoms with E-state index in [1.54, 1.807) is 6.92 Å². The Morgan fingerprint density at radius 1 is 1.61 bits per heavy atom. The quantitative estimate of drug-likeness (QED) is 0.530. The van der Waals surface area contributed by atoms with E-state index in [4.69, 9.17) is 0 Å². The summed E-state index contributed by atoms with van der Waals surface area (Å²) in [7, 11) is 3.85. The zero-order valence-corrected chi connectivity index (χ0v) is 14.0. The number of aryl methyl sites for hydroxylation is 2. The molecule has 3 rings (SSSR count). The Balaban J connectivity index is 1.78. The molecule has 1 unspecified atom stereocenters. The average Bonchev–Trinajstić information content (AvgIpc) is 2.94. The van der Waals surface area contributed by atoms with Gasteiger partial charge in [0.25, 0.3) is 0 Å². The highest BCUT2D eigenvalue weighted by atomic mass is 32.2. The van der Waals surface area contributed by atoms with Crippen LogP contribution in [-0.2, 0) is 29.4 Å². The van der Waals surface area contributed by atoms with Gasteiger partial charge in [-0.25, -0.2) is 0 Å². The maximum atomic E-state index is 12.1. The number of aliphatic hydroxyl groups excluding tert-OH is 1. The second-order valence-electron chi connectivity index (χ2n) is 6.07. The summed E-state index contributed by atoms with van der Waals surface area (Å²) in [6.07, 6.45) is 3.64. The number of carbonyl (C=O) groups is 2. The number of fused-ring (bicyclic) bond motifs is 1. The summed E-state index contributed by atoms with van der Waals surface area (Å²) < 4.78 is 3.86. The molecule has 2 aliphatic heterocycles. The molecule has 1 amide bonds. The lowest BCUT2D eigenvalue weighted by Crippen LogP contribution is -2.62. The molecule has 0 aliphatic carbocycles. The first kappa shape index (κ1) is 16.1. The van der Waals surface area contributed by atoms with E-state index in [-0.39, 0.29) is 17.6 Å². The van der Waals surface area contributed by atoms with Crippen LogP contribution < -0.4 is 9.79 Å². The van der Waals surface area contributed by atoms with Gasteiger partial charge in [0.05, 0.1) is 48.5 Å². The molecule has 1 fully saturated rings. The number of hydrogen-bond acceptors (Lipinski definition) is 5. The van der Waals surface area contributed by atoms with Crippen LogP contribution in [0.3, 0.4) is 0 Å². The fourth-order valence-corrected chi connectivity index (χ4v) is 4.39. The van der Waals surface area contributed by atoms with E-state index in [1.165, 1.54) is 16.7 Å². The third kappa shape index (κ3) is 2.55. The molecule has 124 valence electrons. The number of aliphatic carboxylic acids is 1. The maximum Gasteiger partial charge on any atom is 0.235 e. The Labute approximate surface area is 138 Å². The lowest BCUT2D eigenvalue weighted by Gasteiger charge is -2.45. The molecule has 3 atom stereocenters. The molecule has 1 saturated heterocycles. The van der Waals surface area contributed by atoms with Crippen molar-refractivity contribution in [2.75, 3.05) is 0 Å². The number of β-lactam (4-membered cyclic amide) rings is 1. The van der Waals surface area contributed by atoms with Crippen molar-refractivity contribution >= 4 is 23.6 Å². The first-order chi connectivity index (χ1) is 10.8. The lowest BCUT2D eigenvalue weighted by atomic mass is 9.83. The molecule has 1 N–H and O–H groups in total. The van der Waals surface area contributed by atoms with Gasteiger partial charge in [0.15, 0.2) is 13.2 Å². The zero-order valence-electron chi connectivity index (χ0n) is 13.2. The van der Waals surface area contributed by atoms with Crippen LogP contribution in [0, 0.1) is 5.92 Å². The van der Waals surface area contributed by atoms with Gasteiger partial charge in [-0.2, -0.15) is 4.68 Å². The third-order valence-corrected chi connectivity index (χ3v) is 5.68. The molecule has 0 spiro atoms. The van der Waals surface area contributed by atoms with E-state index in [1.807, 2.05) is 35.9 Å². The smallest absolute Gasteiger partial charge is 0.235 e. The highest BCUT2D eigenvalue weighted by Gasteiger charge is 2.55. The molecule has 2 aliphatic rings. The summed E-state index contributed by atoms with van der Waals surface area (Å²) in [5.74, 6) is -1.55. The van der Waals surface area contributed by atoms with Crippen LogP contribution in [0.4, 0.5) is 0 Å². The molecule has 1 aromatic heterocycles. The Bertz CT molecular complexity index is 690. The first-order valence-corrected chi connectivity index (χ1v) is 8.39. The van der Waals surface area contributed by atoms with Gasteiger partial charge >= 0.3 is 0 Å². The number of thioether (sulfide) groups is 1. The van der Waals surface area contributed by atoms with Crippen molar-refractivity contribution in [1.82, 2.24) is 9.58 Å². The number of carboxylic acid groups (broad SMARTS) is 1. The number of nitrogens with zero attached hydrogens (tertiary/aromatic N) is 3. The molecule has 1 aromatic rings. The van der Waals surface area contributed by atoms with Crippen LogP contribution in [0.1, 0.15) is 18.9 Å². The van der Waals surface area contributed by atoms with E-state index in [0.717, 1.165) is 5.56 Å². The molecule has 7 nitrogen and oxygen atoms in total. The highest BCUT2D eigenvalue weighted by molar-refractivity contribution is 8.02. The fourth-order valence-electron chi connectivity index (χ4n) is 3.29. The lowest BCUT2D eigenvalue weighted by molar-refractivity contribution is -0.751. The van der Waals surface area contributed by atoms with Gasteiger partial charge in [0, 0.05) is 17.1 Å². The molecule has 0 radical (unpaired) electrons. The summed E-state index contributed by atoms with van der Waals surface area (Å²) in [6, 6.07) is -0.259. The standard InChI is InChI=1S/C15H19N3O4S/c1-8(19)12-10-4-11(13(15(21)22)18(10)14(12)20)23-7-9-5-16(2)17(3)6-9/h5-6,8,10,12,19H,4,7H2,1-3H3/t8?,10-,12-/m1/s1. The number of amides is 1. The van der Waals surface area contributed by atoms with Gasteiger partial charge in [-0.05, 0) is 6.92 Å². The number of aromatic nitrogens is 2. The van der Waals surface area contributed by atoms with Gasteiger partial charge < -0.3 is 19.9 Å². The van der Waals surface area contributed by atoms with E-state index in [9.17, 15) is 19.8 Å². The summed E-state index contributed by atoms with van der Waals surface area (Å²) in [6.45, 7) is 1.56. The molecular formula is C15H19N3O4S. The van der Waals surface area contributed by atoms with Gasteiger partial charge in [0.2, 0.25) is 5.91 Å². The zero-order chi connectivity index (χ0) is 16.9. The van der Waals surface area contributed by atoms with E-state index >= 15 is 0 Å². The van der Waals surface area contributed by atoms with Crippen molar-refractivity contribution < 1.29 is 24.5 Å². The van der Waals surface area contributed by atoms with Crippen molar-refractivity contribution in [3.8, 4) is 0 Å². The van der Waals surface area contributed by atoms with E-state index in [0.29, 0.717) is 17.1 Å². The number of carboxylic acids is 1. The SMILES string of the molecule is CC(O)[C@H]1C(=O)N2C(C(=O)[O-])=C(SCc3cn(C)[n+](C)c3)C[C@H]12. The van der Waals surface area contributed by atoms with Crippen molar-refractivity contribution in [1.29, 1.82) is 0 Å². The Morgan fingerprint density at radius 2 is 2.30 bits per heavy atom. The van der Waals surface area contributed by atoms with E-state index in [2.05, 4.69) is 0 Å². The summed E-state index contributed by atoms with van der Waals surface area (Å²) >= 11 is 1.42. The molecule has 0 bridgehead atoms. The van der Waals surface area contributed by atoms with Crippen LogP contribution in [0.2, 0.25) is 0 Å². The average molecular weight is 337 g/mol. The monoisotopic (exact) mass is 337 g/mol. The molecule has 3 heterocycles. The second-order valence-corrected chi connectivity index (χ2v) is 7.14. The topological polar surface area (TPSA) is 89.5 Å². The van der Waals surface area contributed by atoms with Gasteiger partial charge in [-0.1, -0.05) is 0 Å². The van der Waals surface area contributed by atoms with Crippen LogP contribution in [0.5, 0.6) is 0 Å². The molecule has 23 heavy (non-hydrogen) atoms. The van der Waals surface area contributed by atoms with Crippen LogP contribution >= 0.6 is 11.8 Å². The number of hydrogen-bond donors (Lipinski definition) is 1. The maximum absolute atomic E-state index is 12.1. The second kappa shape index (κ2) is 5.68. The van der Waals surface area contributed by atoms with Crippen LogP contribution in [0.15, 0.2) is 23.0 Å². The molecular weight excluding hydrogens is 318 g/mol. The number of rotatable bonds is 5. The fraction of sp³-hybridized carbons (Fsp3) is 0.533. The summed E-state index contributed by atoms with van der Waals surface area (Å²) in [4.78, 5) is 25.5. The Morgan fingerprint density at radius 3 is 2.83 bits per heavy atom. The van der Waals surface area contributed by atoms with E-state index < -0.39 is 18.0 Å². The number of carbonyl (C=O) groups excluding carboxylic acids is 2. The van der Waals surface area contributed by atoms with Crippen molar-refractivity contribution in [2.24, 2.45) is 20.0 Å². The van der Waals surface area contributed by atoms with Gasteiger partial charge in [0.1, 0.15) is 0 Å². The van der Waals surface area contributed by atoms with Crippen molar-refractivity contribution in [2.45, 2.75) is 31.2 Å². The minimum Gasteiger partial charge on any atom is -0.543 e. The van der Waals surface area contributed by atoms with Crippen LogP contribution in [-0.4, -0.2) is 38.7 Å². The number of aliphatic hydroxyl groups is 1. The Kier molecular flexibility index (Phi) is 3.97. The highest BCUT2D eigenvalue weighted by Crippen LogP contribution is 2.47. The van der Waals surface area contributed by atoms with Crippen molar-refractivity contribution in [3.63, 3.8) is 0 Å². The van der Waals surface area contributed by atoms with Crippen LogP contribution in [0.25, 0.3) is 0 Å². The molecule has 0 aromatic carbocycles. The summed E-state index contributed by atoms with van der Waals surface area (Å²) in [5, 5.41) is 21.1. The molecule has 0 saturated carbocycles. The predicted molar refractivity (Wildman–Crippen MR) is 80.3 cm³/mol. The van der Waals surface area contributed by atoms with Crippen molar-refractivity contribution in [3.05, 3.63) is 28.6 Å². The predicted octanol–water partition coefficient (Wildman–Crippen LogP) is -1.34. The largest absolute Gasteiger partial charge is 0.543 e.